The van der Waals surface area contributed by atoms with Crippen molar-refractivity contribution in [2.75, 3.05) is 0 Å². The van der Waals surface area contributed by atoms with Crippen LogP contribution >= 0.6 is 23.2 Å². The molecule has 2 atom stereocenters. The second kappa shape index (κ2) is 6.53. The van der Waals surface area contributed by atoms with E-state index < -0.39 is 0 Å². The Morgan fingerprint density at radius 2 is 1.95 bits per heavy atom. The van der Waals surface area contributed by atoms with E-state index in [1.807, 2.05) is 26.0 Å². The molecule has 1 heterocycles. The molecular weight excluding hydrogens is 297 g/mol. The summed E-state index contributed by atoms with van der Waals surface area (Å²) in [5, 5.41) is 0.938. The van der Waals surface area contributed by atoms with E-state index in [1.165, 1.54) is 0 Å². The Morgan fingerprint density at radius 3 is 2.50 bits per heavy atom. The first-order valence-corrected chi connectivity index (χ1v) is 7.20. The average molecular weight is 314 g/mol. The Bertz CT molecular complexity index is 583. The van der Waals surface area contributed by atoms with Gasteiger partial charge in [-0.2, -0.15) is 0 Å². The molecule has 0 radical (unpaired) electrons. The van der Waals surface area contributed by atoms with Crippen molar-refractivity contribution in [3.8, 4) is 5.75 Å². The minimum Gasteiger partial charge on any atom is -0.481 e. The second-order valence-electron chi connectivity index (χ2n) is 4.63. The van der Waals surface area contributed by atoms with Gasteiger partial charge >= 0.3 is 0 Å². The largest absolute Gasteiger partial charge is 0.481 e. The summed E-state index contributed by atoms with van der Waals surface area (Å²) in [7, 11) is 0. The molecule has 0 aliphatic heterocycles. The van der Waals surface area contributed by atoms with Gasteiger partial charge in [0.2, 0.25) is 0 Å². The maximum atomic E-state index is 6.13. The Balaban J connectivity index is 2.25. The van der Waals surface area contributed by atoms with Gasteiger partial charge < -0.3 is 14.9 Å². The molecule has 1 aromatic heterocycles. The number of rotatable bonds is 5. The molecule has 0 saturated heterocycles. The van der Waals surface area contributed by atoms with Crippen LogP contribution in [0.1, 0.15) is 31.0 Å². The lowest BCUT2D eigenvalue weighted by atomic mass is 10.1. The molecule has 0 spiro atoms. The fourth-order valence-corrected chi connectivity index (χ4v) is 2.16. The van der Waals surface area contributed by atoms with Gasteiger partial charge in [-0.1, -0.05) is 30.1 Å². The molecule has 2 unspecified atom stereocenters. The summed E-state index contributed by atoms with van der Waals surface area (Å²) in [6.45, 7) is 3.89. The van der Waals surface area contributed by atoms with Crippen LogP contribution in [0.3, 0.4) is 0 Å². The molecule has 5 heteroatoms. The molecule has 2 rings (SSSR count). The van der Waals surface area contributed by atoms with Gasteiger partial charge in [0, 0.05) is 12.1 Å². The van der Waals surface area contributed by atoms with Crippen LogP contribution in [-0.2, 0) is 0 Å². The third kappa shape index (κ3) is 3.48. The molecule has 2 N–H and O–H groups in total. The molecule has 108 valence electrons. The van der Waals surface area contributed by atoms with Crippen LogP contribution in [0.2, 0.25) is 10.0 Å². The van der Waals surface area contributed by atoms with Crippen LogP contribution in [0.15, 0.2) is 34.7 Å². The summed E-state index contributed by atoms with van der Waals surface area (Å²) < 4.78 is 11.6. The van der Waals surface area contributed by atoms with Gasteiger partial charge in [0.15, 0.2) is 6.10 Å². The topological polar surface area (TPSA) is 48.4 Å². The highest BCUT2D eigenvalue weighted by Gasteiger charge is 2.24. The predicted molar refractivity (Wildman–Crippen MR) is 81.5 cm³/mol. The van der Waals surface area contributed by atoms with Gasteiger partial charge in [0.25, 0.3) is 0 Å². The monoisotopic (exact) mass is 313 g/mol. The van der Waals surface area contributed by atoms with E-state index in [-0.39, 0.29) is 12.1 Å². The SMILES string of the molecule is CCC(N)C(Oc1ccc(Cl)c(Cl)c1)c1ccc(C)o1. The number of halogens is 2. The van der Waals surface area contributed by atoms with Crippen molar-refractivity contribution in [3.63, 3.8) is 0 Å². The van der Waals surface area contributed by atoms with Gasteiger partial charge in [-0.15, -0.1) is 0 Å². The third-order valence-electron chi connectivity index (χ3n) is 3.06. The summed E-state index contributed by atoms with van der Waals surface area (Å²) in [6.07, 6.45) is 0.414. The van der Waals surface area contributed by atoms with E-state index in [2.05, 4.69) is 0 Å². The van der Waals surface area contributed by atoms with Crippen LogP contribution in [0.4, 0.5) is 0 Å². The maximum Gasteiger partial charge on any atom is 0.171 e. The third-order valence-corrected chi connectivity index (χ3v) is 3.79. The number of hydrogen-bond acceptors (Lipinski definition) is 3. The molecule has 0 aliphatic carbocycles. The smallest absolute Gasteiger partial charge is 0.171 e. The lowest BCUT2D eigenvalue weighted by Gasteiger charge is -2.22. The molecule has 0 amide bonds. The number of benzene rings is 1. The van der Waals surface area contributed by atoms with Crippen LogP contribution in [-0.4, -0.2) is 6.04 Å². The first kappa shape index (κ1) is 15.2. The van der Waals surface area contributed by atoms with E-state index in [4.69, 9.17) is 38.1 Å². The minimum absolute atomic E-state index is 0.171. The Labute approximate surface area is 128 Å². The molecule has 1 aromatic carbocycles. The van der Waals surface area contributed by atoms with Gasteiger partial charge in [0.1, 0.15) is 17.3 Å². The highest BCUT2D eigenvalue weighted by molar-refractivity contribution is 6.42. The van der Waals surface area contributed by atoms with Crippen LogP contribution in [0.5, 0.6) is 5.75 Å². The quantitative estimate of drug-likeness (QED) is 0.866. The van der Waals surface area contributed by atoms with Gasteiger partial charge in [-0.3, -0.25) is 0 Å². The van der Waals surface area contributed by atoms with E-state index in [9.17, 15) is 0 Å². The van der Waals surface area contributed by atoms with Gasteiger partial charge in [-0.25, -0.2) is 0 Å². The molecule has 2 aromatic rings. The first-order valence-electron chi connectivity index (χ1n) is 6.45. The van der Waals surface area contributed by atoms with Gasteiger partial charge in [-0.05, 0) is 37.6 Å². The average Bonchev–Trinajstić information content (AvgIpc) is 2.85. The lowest BCUT2D eigenvalue weighted by Crippen LogP contribution is -2.31. The summed E-state index contributed by atoms with van der Waals surface area (Å²) in [6, 6.07) is 8.74. The molecule has 20 heavy (non-hydrogen) atoms. The molecule has 0 saturated carbocycles. The minimum atomic E-state index is -0.356. The molecular formula is C15H17Cl2NO2. The summed E-state index contributed by atoms with van der Waals surface area (Å²) >= 11 is 11.9. The van der Waals surface area contributed by atoms with E-state index in [0.717, 1.165) is 12.2 Å². The van der Waals surface area contributed by atoms with Crippen LogP contribution < -0.4 is 10.5 Å². The Hall–Kier alpha value is -1.16. The fraction of sp³-hybridized carbons (Fsp3) is 0.333. The van der Waals surface area contributed by atoms with E-state index >= 15 is 0 Å². The summed E-state index contributed by atoms with van der Waals surface area (Å²) in [5.74, 6) is 2.15. The highest BCUT2D eigenvalue weighted by Crippen LogP contribution is 2.31. The second-order valence-corrected chi connectivity index (χ2v) is 5.45. The Morgan fingerprint density at radius 1 is 1.20 bits per heavy atom. The fourth-order valence-electron chi connectivity index (χ4n) is 1.87. The van der Waals surface area contributed by atoms with Crippen molar-refractivity contribution in [1.82, 2.24) is 0 Å². The zero-order valence-corrected chi connectivity index (χ0v) is 12.9. The van der Waals surface area contributed by atoms with Crippen molar-refractivity contribution in [1.29, 1.82) is 0 Å². The summed E-state index contributed by atoms with van der Waals surface area (Å²) in [5.41, 5.74) is 6.13. The zero-order valence-electron chi connectivity index (χ0n) is 11.4. The summed E-state index contributed by atoms with van der Waals surface area (Å²) in [4.78, 5) is 0. The van der Waals surface area contributed by atoms with E-state index in [1.54, 1.807) is 18.2 Å². The molecule has 0 fully saturated rings. The van der Waals surface area contributed by atoms with E-state index in [0.29, 0.717) is 21.6 Å². The number of hydrogen-bond donors (Lipinski definition) is 1. The van der Waals surface area contributed by atoms with Gasteiger partial charge in [0.05, 0.1) is 10.0 Å². The normalized spacial score (nSPS) is 14.1. The van der Waals surface area contributed by atoms with Crippen LogP contribution in [0, 0.1) is 6.92 Å². The number of nitrogens with two attached hydrogens (primary N) is 1. The number of ether oxygens (including phenoxy) is 1. The highest BCUT2D eigenvalue weighted by atomic mass is 35.5. The lowest BCUT2D eigenvalue weighted by molar-refractivity contribution is 0.143. The number of aryl methyl sites for hydroxylation is 1. The van der Waals surface area contributed by atoms with Crippen LogP contribution in [0.25, 0.3) is 0 Å². The maximum absolute atomic E-state index is 6.13. The van der Waals surface area contributed by atoms with Crippen molar-refractivity contribution < 1.29 is 9.15 Å². The van der Waals surface area contributed by atoms with Crippen molar-refractivity contribution in [2.45, 2.75) is 32.4 Å². The standard InChI is InChI=1S/C15H17Cl2NO2/c1-3-13(18)15(14-7-4-9(2)19-14)20-10-5-6-11(16)12(17)8-10/h4-8,13,15H,3,18H2,1-2H3. The Kier molecular flexibility index (Phi) is 4.97. The molecule has 3 nitrogen and oxygen atoms in total. The van der Waals surface area contributed by atoms with Crippen molar-refractivity contribution in [2.24, 2.45) is 5.73 Å². The van der Waals surface area contributed by atoms with Crippen molar-refractivity contribution >= 4 is 23.2 Å². The predicted octanol–water partition coefficient (Wildman–Crippen LogP) is 4.75. The first-order chi connectivity index (χ1) is 9.51. The molecule has 0 aliphatic rings. The molecule has 0 bridgehead atoms. The number of furan rings is 1. The van der Waals surface area contributed by atoms with Crippen molar-refractivity contribution in [3.05, 3.63) is 51.9 Å². The zero-order chi connectivity index (χ0) is 14.7.